The van der Waals surface area contributed by atoms with Crippen LogP contribution in [0.2, 0.25) is 0 Å². The molecule has 0 fully saturated rings. The van der Waals surface area contributed by atoms with Gasteiger partial charge in [-0.2, -0.15) is 0 Å². The van der Waals surface area contributed by atoms with Crippen LogP contribution in [-0.2, 0) is 12.1 Å². The van der Waals surface area contributed by atoms with Gasteiger partial charge in [0.15, 0.2) is 11.6 Å². The summed E-state index contributed by atoms with van der Waals surface area (Å²) in [7, 11) is 0. The fraction of sp³-hybridized carbons (Fsp3) is 0.385. The Morgan fingerprint density at radius 3 is 2.42 bits per heavy atom. The number of benzene rings is 1. The second-order valence-electron chi connectivity index (χ2n) is 5.23. The lowest BCUT2D eigenvalue weighted by molar-refractivity contribution is 0.250. The van der Waals surface area contributed by atoms with Crippen molar-refractivity contribution in [2.45, 2.75) is 32.9 Å². The average Bonchev–Trinajstić information content (AvgIpc) is 2.72. The number of nitrogens with zero attached hydrogens (tertiary/aromatic N) is 3. The third-order valence-corrected chi connectivity index (χ3v) is 2.71. The first-order valence-corrected chi connectivity index (χ1v) is 5.85. The zero-order chi connectivity index (χ0) is 14.2. The minimum absolute atomic E-state index is 0.156. The molecular weight excluding hydrogens is 252 g/mol. The van der Waals surface area contributed by atoms with Crippen molar-refractivity contribution in [2.75, 3.05) is 0 Å². The van der Waals surface area contributed by atoms with Crippen LogP contribution in [-0.4, -0.2) is 19.9 Å². The van der Waals surface area contributed by atoms with Crippen LogP contribution in [0, 0.1) is 11.6 Å². The molecule has 0 aliphatic carbocycles. The van der Waals surface area contributed by atoms with E-state index in [1.807, 2.05) is 20.8 Å². The Morgan fingerprint density at radius 2 is 1.89 bits per heavy atom. The van der Waals surface area contributed by atoms with Gasteiger partial charge in [0, 0.05) is 11.6 Å². The zero-order valence-corrected chi connectivity index (χ0v) is 11.0. The molecule has 0 aliphatic rings. The second kappa shape index (κ2) is 4.70. The fourth-order valence-corrected chi connectivity index (χ4v) is 1.97. The van der Waals surface area contributed by atoms with Crippen molar-refractivity contribution in [1.29, 1.82) is 0 Å². The van der Waals surface area contributed by atoms with Crippen LogP contribution >= 0.6 is 0 Å². The molecule has 1 aromatic heterocycles. The molecule has 1 N–H and O–H groups in total. The summed E-state index contributed by atoms with van der Waals surface area (Å²) in [5.74, 6) is -0.742. The molecule has 0 saturated heterocycles. The van der Waals surface area contributed by atoms with Crippen molar-refractivity contribution in [3.63, 3.8) is 0 Å². The van der Waals surface area contributed by atoms with Gasteiger partial charge < -0.3 is 9.67 Å². The number of hydrogen-bond acceptors (Lipinski definition) is 3. The van der Waals surface area contributed by atoms with Crippen molar-refractivity contribution < 1.29 is 13.9 Å². The molecule has 0 amide bonds. The van der Waals surface area contributed by atoms with Gasteiger partial charge in [-0.3, -0.25) is 0 Å². The summed E-state index contributed by atoms with van der Waals surface area (Å²) in [6.45, 7) is 5.37. The number of hydrogen-bond donors (Lipinski definition) is 1. The number of aliphatic hydroxyl groups excluding tert-OH is 1. The van der Waals surface area contributed by atoms with E-state index < -0.39 is 17.2 Å². The molecule has 2 aromatic rings. The van der Waals surface area contributed by atoms with E-state index in [2.05, 4.69) is 10.2 Å². The van der Waals surface area contributed by atoms with E-state index >= 15 is 0 Å². The average molecular weight is 267 g/mol. The molecule has 0 unspecified atom stereocenters. The quantitative estimate of drug-likeness (QED) is 0.909. The summed E-state index contributed by atoms with van der Waals surface area (Å²) in [4.78, 5) is 0. The Hall–Kier alpha value is -1.82. The Balaban J connectivity index is 2.66. The van der Waals surface area contributed by atoms with Gasteiger partial charge in [-0.05, 0) is 32.9 Å². The standard InChI is InChI=1S/C13H15F2N3O/c1-13(2,3)18-11(7-19)16-17-12(18)9-5-4-8(14)6-10(9)15/h4-6,19H,7H2,1-3H3. The van der Waals surface area contributed by atoms with E-state index in [-0.39, 0.29) is 18.0 Å². The highest BCUT2D eigenvalue weighted by Gasteiger charge is 2.25. The minimum atomic E-state index is -0.706. The van der Waals surface area contributed by atoms with E-state index in [1.54, 1.807) is 4.57 Å². The van der Waals surface area contributed by atoms with Crippen LogP contribution in [0.5, 0.6) is 0 Å². The molecule has 0 radical (unpaired) electrons. The molecule has 0 bridgehead atoms. The van der Waals surface area contributed by atoms with Crippen LogP contribution < -0.4 is 0 Å². The van der Waals surface area contributed by atoms with Crippen molar-refractivity contribution in [3.05, 3.63) is 35.7 Å². The maximum absolute atomic E-state index is 13.8. The number of aliphatic hydroxyl groups is 1. The van der Waals surface area contributed by atoms with Crippen LogP contribution in [0.15, 0.2) is 18.2 Å². The number of halogens is 2. The van der Waals surface area contributed by atoms with Gasteiger partial charge in [0.25, 0.3) is 0 Å². The van der Waals surface area contributed by atoms with E-state index in [9.17, 15) is 13.9 Å². The van der Waals surface area contributed by atoms with Crippen LogP contribution in [0.3, 0.4) is 0 Å². The van der Waals surface area contributed by atoms with Gasteiger partial charge in [0.05, 0.1) is 5.56 Å². The van der Waals surface area contributed by atoms with Gasteiger partial charge in [-0.25, -0.2) is 8.78 Å². The van der Waals surface area contributed by atoms with Crippen molar-refractivity contribution in [2.24, 2.45) is 0 Å². The summed E-state index contributed by atoms with van der Waals surface area (Å²) in [5.41, 5.74) is -0.277. The summed E-state index contributed by atoms with van der Waals surface area (Å²) in [6.07, 6.45) is 0. The third kappa shape index (κ3) is 2.49. The zero-order valence-electron chi connectivity index (χ0n) is 11.0. The van der Waals surface area contributed by atoms with Gasteiger partial charge in [0.1, 0.15) is 18.2 Å². The summed E-state index contributed by atoms with van der Waals surface area (Å²) >= 11 is 0. The molecule has 1 aromatic carbocycles. The molecule has 0 aliphatic heterocycles. The monoisotopic (exact) mass is 267 g/mol. The fourth-order valence-electron chi connectivity index (χ4n) is 1.97. The highest BCUT2D eigenvalue weighted by molar-refractivity contribution is 5.56. The third-order valence-electron chi connectivity index (χ3n) is 2.71. The first kappa shape index (κ1) is 13.6. The molecule has 19 heavy (non-hydrogen) atoms. The second-order valence-corrected chi connectivity index (χ2v) is 5.23. The predicted molar refractivity (Wildman–Crippen MR) is 66.3 cm³/mol. The van der Waals surface area contributed by atoms with Crippen molar-refractivity contribution in [3.8, 4) is 11.4 Å². The maximum Gasteiger partial charge on any atom is 0.167 e. The van der Waals surface area contributed by atoms with E-state index in [1.165, 1.54) is 12.1 Å². The largest absolute Gasteiger partial charge is 0.388 e. The molecule has 6 heteroatoms. The molecule has 2 rings (SSSR count). The lowest BCUT2D eigenvalue weighted by Gasteiger charge is -2.24. The van der Waals surface area contributed by atoms with Crippen LogP contribution in [0.1, 0.15) is 26.6 Å². The molecule has 0 spiro atoms. The SMILES string of the molecule is CC(C)(C)n1c(CO)nnc1-c1ccc(F)cc1F. The Kier molecular flexibility index (Phi) is 3.36. The predicted octanol–water partition coefficient (Wildman–Crippen LogP) is 2.47. The normalized spacial score (nSPS) is 11.9. The first-order valence-electron chi connectivity index (χ1n) is 5.85. The van der Waals surface area contributed by atoms with Gasteiger partial charge in [-0.15, -0.1) is 10.2 Å². The van der Waals surface area contributed by atoms with Gasteiger partial charge in [0.2, 0.25) is 0 Å². The number of rotatable bonds is 2. The minimum Gasteiger partial charge on any atom is -0.388 e. The van der Waals surface area contributed by atoms with E-state index in [0.29, 0.717) is 5.82 Å². The van der Waals surface area contributed by atoms with E-state index in [4.69, 9.17) is 0 Å². The van der Waals surface area contributed by atoms with E-state index in [0.717, 1.165) is 6.07 Å². The molecular formula is C13H15F2N3O. The smallest absolute Gasteiger partial charge is 0.167 e. The van der Waals surface area contributed by atoms with Crippen LogP contribution in [0.25, 0.3) is 11.4 Å². The van der Waals surface area contributed by atoms with Crippen molar-refractivity contribution in [1.82, 2.24) is 14.8 Å². The lowest BCUT2D eigenvalue weighted by Crippen LogP contribution is -2.25. The number of aromatic nitrogens is 3. The molecule has 1 heterocycles. The maximum atomic E-state index is 13.8. The lowest BCUT2D eigenvalue weighted by atomic mass is 10.1. The summed E-state index contributed by atoms with van der Waals surface area (Å²) in [6, 6.07) is 3.28. The Bertz CT molecular complexity index is 602. The van der Waals surface area contributed by atoms with Crippen LogP contribution in [0.4, 0.5) is 8.78 Å². The summed E-state index contributed by atoms with van der Waals surface area (Å²) in [5, 5.41) is 17.0. The topological polar surface area (TPSA) is 50.9 Å². The highest BCUT2D eigenvalue weighted by Crippen LogP contribution is 2.28. The highest BCUT2D eigenvalue weighted by atomic mass is 19.1. The van der Waals surface area contributed by atoms with Crippen molar-refractivity contribution >= 4 is 0 Å². The van der Waals surface area contributed by atoms with Gasteiger partial charge >= 0.3 is 0 Å². The molecule has 0 saturated carbocycles. The Morgan fingerprint density at radius 1 is 1.21 bits per heavy atom. The summed E-state index contributed by atoms with van der Waals surface area (Å²) < 4.78 is 28.4. The first-order chi connectivity index (χ1) is 8.84. The van der Waals surface area contributed by atoms with Gasteiger partial charge in [-0.1, -0.05) is 0 Å². The Labute approximate surface area is 109 Å². The molecule has 0 atom stereocenters. The molecule has 102 valence electrons. The molecule has 4 nitrogen and oxygen atoms in total.